The van der Waals surface area contributed by atoms with Gasteiger partial charge in [-0.25, -0.2) is 17.6 Å². The molecule has 0 aliphatic rings. The van der Waals surface area contributed by atoms with E-state index >= 15 is 0 Å². The molecule has 0 aromatic heterocycles. The molecular weight excluding hydrogens is 354 g/mol. The molecule has 0 spiro atoms. The molecule has 3 rings (SSSR count). The highest BCUT2D eigenvalue weighted by atomic mass is 19.3. The van der Waals surface area contributed by atoms with E-state index in [1.54, 1.807) is 24.3 Å². The van der Waals surface area contributed by atoms with E-state index in [1.807, 2.05) is 0 Å². The lowest BCUT2D eigenvalue weighted by atomic mass is 9.99. The Morgan fingerprint density at radius 1 is 0.538 bits per heavy atom. The Labute approximate surface area is 145 Å². The summed E-state index contributed by atoms with van der Waals surface area (Å²) in [5, 5.41) is 0. The fourth-order valence-electron chi connectivity index (χ4n) is 2.50. The first-order valence-corrected chi connectivity index (χ1v) is 7.43. The van der Waals surface area contributed by atoms with Gasteiger partial charge in [-0.3, -0.25) is 0 Å². The van der Waals surface area contributed by atoms with Gasteiger partial charge < -0.3 is 0 Å². The lowest BCUT2D eigenvalue weighted by molar-refractivity contribution is 0.410. The Kier molecular flexibility index (Phi) is 4.84. The summed E-state index contributed by atoms with van der Waals surface area (Å²) in [5.74, 6) is -5.67. The van der Waals surface area contributed by atoms with Crippen LogP contribution in [-0.2, 0) is 0 Å². The lowest BCUT2D eigenvalue weighted by Crippen LogP contribution is -1.91. The third kappa shape index (κ3) is 3.49. The molecule has 0 fully saturated rings. The number of hydrogen-bond acceptors (Lipinski definition) is 0. The first-order valence-electron chi connectivity index (χ1n) is 7.43. The van der Waals surface area contributed by atoms with Crippen LogP contribution in [0.1, 0.15) is 5.56 Å². The molecule has 0 heterocycles. The van der Waals surface area contributed by atoms with Crippen LogP contribution in [0.5, 0.6) is 0 Å². The Hall–Kier alpha value is -3.02. The summed E-state index contributed by atoms with van der Waals surface area (Å²) in [7, 11) is 0. The Morgan fingerprint density at radius 3 is 1.35 bits per heavy atom. The smallest absolute Gasteiger partial charge is 0.204 e. The van der Waals surface area contributed by atoms with Gasteiger partial charge in [0.2, 0.25) is 0 Å². The van der Waals surface area contributed by atoms with Crippen molar-refractivity contribution >= 4 is 5.83 Å². The van der Waals surface area contributed by atoms with Gasteiger partial charge in [0.05, 0.1) is 0 Å². The zero-order chi connectivity index (χ0) is 18.8. The molecule has 132 valence electrons. The topological polar surface area (TPSA) is 0 Å². The average molecular weight is 364 g/mol. The molecule has 0 amide bonds. The number of hydrogen-bond donors (Lipinski definition) is 0. The van der Waals surface area contributed by atoms with E-state index in [2.05, 4.69) is 0 Å². The van der Waals surface area contributed by atoms with Crippen molar-refractivity contribution in [1.82, 2.24) is 0 Å². The van der Waals surface area contributed by atoms with Crippen molar-refractivity contribution in [2.45, 2.75) is 0 Å². The molecule has 3 aromatic rings. The Bertz CT molecular complexity index is 945. The number of rotatable bonds is 3. The van der Waals surface area contributed by atoms with Crippen molar-refractivity contribution in [3.8, 4) is 22.3 Å². The van der Waals surface area contributed by atoms with E-state index in [9.17, 15) is 26.3 Å². The van der Waals surface area contributed by atoms with E-state index in [0.717, 1.165) is 12.1 Å². The molecule has 0 nitrogen and oxygen atoms in total. The van der Waals surface area contributed by atoms with Crippen LogP contribution < -0.4 is 0 Å². The summed E-state index contributed by atoms with van der Waals surface area (Å²) in [6.07, 6.45) is -2.39. The molecule has 3 aromatic carbocycles. The first kappa shape index (κ1) is 17.8. The summed E-state index contributed by atoms with van der Waals surface area (Å²) in [6, 6.07) is 13.6. The van der Waals surface area contributed by atoms with E-state index in [4.69, 9.17) is 0 Å². The highest BCUT2D eigenvalue weighted by Gasteiger charge is 2.12. The van der Waals surface area contributed by atoms with Crippen molar-refractivity contribution in [3.63, 3.8) is 0 Å². The molecule has 0 saturated heterocycles. The van der Waals surface area contributed by atoms with Gasteiger partial charge in [0.1, 0.15) is 0 Å². The van der Waals surface area contributed by atoms with Gasteiger partial charge >= 0.3 is 6.08 Å². The van der Waals surface area contributed by atoms with Crippen LogP contribution >= 0.6 is 0 Å². The molecule has 26 heavy (non-hydrogen) atoms. The normalized spacial score (nSPS) is 10.7. The number of halogens is 6. The number of benzene rings is 3. The third-order valence-electron chi connectivity index (χ3n) is 3.84. The van der Waals surface area contributed by atoms with Crippen LogP contribution in [0.25, 0.3) is 28.1 Å². The second kappa shape index (κ2) is 7.07. The van der Waals surface area contributed by atoms with Crippen molar-refractivity contribution in [1.29, 1.82) is 0 Å². The largest absolute Gasteiger partial charge is 0.306 e. The third-order valence-corrected chi connectivity index (χ3v) is 3.84. The lowest BCUT2D eigenvalue weighted by Gasteiger charge is -2.07. The van der Waals surface area contributed by atoms with E-state index < -0.39 is 29.4 Å². The summed E-state index contributed by atoms with van der Waals surface area (Å²) >= 11 is 0. The Morgan fingerprint density at radius 2 is 0.923 bits per heavy atom. The fourth-order valence-corrected chi connectivity index (χ4v) is 2.50. The van der Waals surface area contributed by atoms with Gasteiger partial charge in [0.25, 0.3) is 0 Å². The minimum absolute atomic E-state index is 0.175. The maximum atomic E-state index is 13.3. The predicted octanol–water partition coefficient (Wildman–Crippen LogP) is 6.97. The van der Waals surface area contributed by atoms with Crippen LogP contribution in [0.4, 0.5) is 26.3 Å². The second-order valence-corrected chi connectivity index (χ2v) is 5.48. The summed E-state index contributed by atoms with van der Waals surface area (Å²) in [4.78, 5) is 0. The highest BCUT2D eigenvalue weighted by molar-refractivity contribution is 5.72. The van der Waals surface area contributed by atoms with Gasteiger partial charge in [-0.15, -0.1) is 0 Å². The van der Waals surface area contributed by atoms with E-state index in [1.165, 1.54) is 24.3 Å². The summed E-state index contributed by atoms with van der Waals surface area (Å²) in [5.41, 5.74) is 1.74. The van der Waals surface area contributed by atoms with Crippen molar-refractivity contribution < 1.29 is 26.3 Å². The van der Waals surface area contributed by atoms with Crippen molar-refractivity contribution in [3.05, 3.63) is 89.8 Å². The molecule has 0 atom stereocenters. The molecule has 0 bridgehead atoms. The quantitative estimate of drug-likeness (QED) is 0.348. The van der Waals surface area contributed by atoms with Gasteiger partial charge in [0, 0.05) is 5.56 Å². The highest BCUT2D eigenvalue weighted by Crippen LogP contribution is 2.29. The van der Waals surface area contributed by atoms with Crippen LogP contribution in [-0.4, -0.2) is 0 Å². The SMILES string of the molecule is FC(F)=C(F)c1ccc(-c2ccc(-c3cc(F)c(F)c(F)c3)cc2)cc1. The minimum atomic E-state index is -2.39. The zero-order valence-corrected chi connectivity index (χ0v) is 13.0. The summed E-state index contributed by atoms with van der Waals surface area (Å²) < 4.78 is 77.4. The van der Waals surface area contributed by atoms with Gasteiger partial charge in [-0.1, -0.05) is 48.5 Å². The van der Waals surface area contributed by atoms with Crippen molar-refractivity contribution in [2.75, 3.05) is 0 Å². The fraction of sp³-hybridized carbons (Fsp3) is 0. The van der Waals surface area contributed by atoms with Crippen LogP contribution in [0.2, 0.25) is 0 Å². The standard InChI is InChI=1S/C20H10F6/c21-16-9-15(10-17(22)19(16)24)13-3-1-11(2-4-13)12-5-7-14(8-6-12)18(23)20(25)26/h1-10H. The van der Waals surface area contributed by atoms with E-state index in [-0.39, 0.29) is 11.1 Å². The zero-order valence-electron chi connectivity index (χ0n) is 13.0. The van der Waals surface area contributed by atoms with Crippen molar-refractivity contribution in [2.24, 2.45) is 0 Å². The molecule has 0 unspecified atom stereocenters. The van der Waals surface area contributed by atoms with Gasteiger partial charge in [-0.2, -0.15) is 8.78 Å². The predicted molar refractivity (Wildman–Crippen MR) is 87.4 cm³/mol. The first-order chi connectivity index (χ1) is 12.4. The maximum absolute atomic E-state index is 13.3. The maximum Gasteiger partial charge on any atom is 0.306 e. The summed E-state index contributed by atoms with van der Waals surface area (Å²) in [6.45, 7) is 0. The molecule has 0 aliphatic heterocycles. The Balaban J connectivity index is 1.89. The molecule has 0 radical (unpaired) electrons. The van der Waals surface area contributed by atoms with Crippen LogP contribution in [0.15, 0.2) is 66.7 Å². The molecule has 0 saturated carbocycles. The van der Waals surface area contributed by atoms with Gasteiger partial charge in [-0.05, 0) is 34.4 Å². The van der Waals surface area contributed by atoms with Gasteiger partial charge in [0.15, 0.2) is 23.3 Å². The molecule has 0 N–H and O–H groups in total. The van der Waals surface area contributed by atoms with E-state index in [0.29, 0.717) is 16.7 Å². The monoisotopic (exact) mass is 364 g/mol. The van der Waals surface area contributed by atoms with Crippen LogP contribution in [0, 0.1) is 17.5 Å². The molecule has 6 heteroatoms. The minimum Gasteiger partial charge on any atom is -0.204 e. The van der Waals surface area contributed by atoms with Crippen LogP contribution in [0.3, 0.4) is 0 Å². The average Bonchev–Trinajstić information content (AvgIpc) is 2.65. The molecular formula is C20H10F6. The molecule has 0 aliphatic carbocycles. The second-order valence-electron chi connectivity index (χ2n) is 5.48.